The summed E-state index contributed by atoms with van der Waals surface area (Å²) in [6, 6.07) is 0. The number of aliphatic carboxylic acids is 1. The quantitative estimate of drug-likeness (QED) is 0.829. The molecule has 1 unspecified atom stereocenters. The summed E-state index contributed by atoms with van der Waals surface area (Å²) in [6.45, 7) is 0.810. The second kappa shape index (κ2) is 6.49. The molecule has 1 aromatic heterocycles. The van der Waals surface area contributed by atoms with Crippen LogP contribution in [-0.2, 0) is 22.4 Å². The van der Waals surface area contributed by atoms with Crippen LogP contribution < -0.4 is 0 Å². The Bertz CT molecular complexity index is 385. The molecule has 1 atom stereocenters. The first-order chi connectivity index (χ1) is 8.74. The molecule has 2 rings (SSSR count). The van der Waals surface area contributed by atoms with Crippen LogP contribution in [0.2, 0.25) is 0 Å². The Morgan fingerprint density at radius 3 is 2.89 bits per heavy atom. The van der Waals surface area contributed by atoms with E-state index in [1.54, 1.807) is 0 Å². The van der Waals surface area contributed by atoms with Gasteiger partial charge in [-0.2, -0.15) is 0 Å². The van der Waals surface area contributed by atoms with Crippen molar-refractivity contribution in [2.45, 2.75) is 51.0 Å². The van der Waals surface area contributed by atoms with Crippen LogP contribution in [0, 0.1) is 0 Å². The van der Waals surface area contributed by atoms with Crippen LogP contribution in [0.3, 0.4) is 0 Å². The van der Waals surface area contributed by atoms with Gasteiger partial charge in [0, 0.05) is 19.4 Å². The van der Waals surface area contributed by atoms with Gasteiger partial charge in [0.15, 0.2) is 0 Å². The lowest BCUT2D eigenvalue weighted by Gasteiger charge is -2.20. The van der Waals surface area contributed by atoms with Crippen LogP contribution in [0.15, 0.2) is 4.42 Å². The topological polar surface area (TPSA) is 85.5 Å². The molecule has 18 heavy (non-hydrogen) atoms. The van der Waals surface area contributed by atoms with Gasteiger partial charge < -0.3 is 14.3 Å². The summed E-state index contributed by atoms with van der Waals surface area (Å²) in [5.41, 5.74) is 0. The molecule has 1 aromatic rings. The second-order valence-electron chi connectivity index (χ2n) is 4.53. The normalized spacial score (nSPS) is 19.9. The van der Waals surface area contributed by atoms with Crippen molar-refractivity contribution in [1.82, 2.24) is 10.2 Å². The van der Waals surface area contributed by atoms with Gasteiger partial charge in [-0.3, -0.25) is 4.79 Å². The number of aromatic nitrogens is 2. The maximum absolute atomic E-state index is 10.4. The van der Waals surface area contributed by atoms with Gasteiger partial charge in [0.25, 0.3) is 0 Å². The molecule has 0 spiro atoms. The van der Waals surface area contributed by atoms with E-state index in [1.807, 2.05) is 0 Å². The molecule has 0 amide bonds. The first-order valence-corrected chi connectivity index (χ1v) is 6.38. The van der Waals surface area contributed by atoms with Crippen LogP contribution in [0.1, 0.15) is 43.9 Å². The van der Waals surface area contributed by atoms with E-state index in [0.29, 0.717) is 31.0 Å². The Labute approximate surface area is 105 Å². The molecule has 1 aliphatic heterocycles. The predicted molar refractivity (Wildman–Crippen MR) is 62.2 cm³/mol. The van der Waals surface area contributed by atoms with Gasteiger partial charge in [0.1, 0.15) is 0 Å². The van der Waals surface area contributed by atoms with Crippen molar-refractivity contribution < 1.29 is 19.1 Å². The molecule has 6 heteroatoms. The smallest absolute Gasteiger partial charge is 0.303 e. The molecular weight excluding hydrogens is 236 g/mol. The maximum Gasteiger partial charge on any atom is 0.303 e. The lowest BCUT2D eigenvalue weighted by molar-refractivity contribution is -0.137. The van der Waals surface area contributed by atoms with E-state index >= 15 is 0 Å². The molecule has 0 bridgehead atoms. The number of carboxylic acids is 1. The highest BCUT2D eigenvalue weighted by molar-refractivity contribution is 5.66. The van der Waals surface area contributed by atoms with Crippen molar-refractivity contribution in [3.8, 4) is 0 Å². The summed E-state index contributed by atoms with van der Waals surface area (Å²) in [5.74, 6) is 0.305. The molecule has 0 aliphatic carbocycles. The van der Waals surface area contributed by atoms with Gasteiger partial charge in [-0.25, -0.2) is 0 Å². The fraction of sp³-hybridized carbons (Fsp3) is 0.750. The summed E-state index contributed by atoms with van der Waals surface area (Å²) in [7, 11) is 0. The zero-order valence-electron chi connectivity index (χ0n) is 10.3. The minimum Gasteiger partial charge on any atom is -0.481 e. The average molecular weight is 254 g/mol. The van der Waals surface area contributed by atoms with Gasteiger partial charge >= 0.3 is 5.97 Å². The van der Waals surface area contributed by atoms with Crippen LogP contribution in [0.4, 0.5) is 0 Å². The third-order valence-electron chi connectivity index (χ3n) is 2.97. The average Bonchev–Trinajstić information content (AvgIpc) is 2.78. The van der Waals surface area contributed by atoms with Crippen molar-refractivity contribution in [3.05, 3.63) is 11.8 Å². The molecule has 100 valence electrons. The predicted octanol–water partition coefficient (Wildman–Crippen LogP) is 1.59. The summed E-state index contributed by atoms with van der Waals surface area (Å²) in [6.07, 6.45) is 5.37. The van der Waals surface area contributed by atoms with E-state index in [-0.39, 0.29) is 12.5 Å². The molecule has 1 N–H and O–H groups in total. The van der Waals surface area contributed by atoms with E-state index in [9.17, 15) is 4.79 Å². The van der Waals surface area contributed by atoms with Crippen molar-refractivity contribution in [2.75, 3.05) is 6.61 Å². The number of hydrogen-bond donors (Lipinski definition) is 1. The second-order valence-corrected chi connectivity index (χ2v) is 4.53. The van der Waals surface area contributed by atoms with E-state index in [0.717, 1.165) is 19.4 Å². The molecule has 0 saturated carbocycles. The maximum atomic E-state index is 10.4. The van der Waals surface area contributed by atoms with Crippen LogP contribution in [0.5, 0.6) is 0 Å². The van der Waals surface area contributed by atoms with Crippen molar-refractivity contribution in [3.63, 3.8) is 0 Å². The van der Waals surface area contributed by atoms with Crippen LogP contribution in [0.25, 0.3) is 0 Å². The van der Waals surface area contributed by atoms with E-state index < -0.39 is 5.97 Å². The monoisotopic (exact) mass is 254 g/mol. The molecule has 1 fully saturated rings. The number of hydrogen-bond acceptors (Lipinski definition) is 5. The third kappa shape index (κ3) is 4.10. The molecule has 1 saturated heterocycles. The summed E-state index contributed by atoms with van der Waals surface area (Å²) in [5, 5.41) is 16.4. The molecule has 0 aromatic carbocycles. The molecule has 2 heterocycles. The van der Waals surface area contributed by atoms with Crippen molar-refractivity contribution in [2.24, 2.45) is 0 Å². The van der Waals surface area contributed by atoms with Gasteiger partial charge in [0.05, 0.1) is 12.5 Å². The highest BCUT2D eigenvalue weighted by atomic mass is 16.5. The van der Waals surface area contributed by atoms with Crippen molar-refractivity contribution >= 4 is 5.97 Å². The fourth-order valence-corrected chi connectivity index (χ4v) is 2.03. The van der Waals surface area contributed by atoms with E-state index in [2.05, 4.69) is 10.2 Å². The van der Waals surface area contributed by atoms with Gasteiger partial charge in [-0.1, -0.05) is 0 Å². The number of carbonyl (C=O) groups is 1. The Kier molecular flexibility index (Phi) is 4.69. The Morgan fingerprint density at radius 2 is 2.17 bits per heavy atom. The number of nitrogens with zero attached hydrogens (tertiary/aromatic N) is 2. The molecule has 6 nitrogen and oxygen atoms in total. The summed E-state index contributed by atoms with van der Waals surface area (Å²) < 4.78 is 11.1. The number of rotatable bonds is 6. The van der Waals surface area contributed by atoms with Crippen LogP contribution in [-0.4, -0.2) is 34.0 Å². The summed E-state index contributed by atoms with van der Waals surface area (Å²) in [4.78, 5) is 10.4. The SMILES string of the molecule is O=C(O)CCCc1nnc(CC2CCCCO2)o1. The number of aryl methyl sites for hydroxylation is 1. The van der Waals surface area contributed by atoms with E-state index in [1.165, 1.54) is 6.42 Å². The Morgan fingerprint density at radius 1 is 1.33 bits per heavy atom. The first-order valence-electron chi connectivity index (χ1n) is 6.38. The largest absolute Gasteiger partial charge is 0.481 e. The highest BCUT2D eigenvalue weighted by Gasteiger charge is 2.17. The zero-order valence-corrected chi connectivity index (χ0v) is 10.3. The Balaban J connectivity index is 1.76. The fourth-order valence-electron chi connectivity index (χ4n) is 2.03. The lowest BCUT2D eigenvalue weighted by Crippen LogP contribution is -2.21. The number of ether oxygens (including phenoxy) is 1. The summed E-state index contributed by atoms with van der Waals surface area (Å²) >= 11 is 0. The van der Waals surface area contributed by atoms with E-state index in [4.69, 9.17) is 14.3 Å². The molecule has 1 aliphatic rings. The molecule has 0 radical (unpaired) electrons. The minimum atomic E-state index is -0.801. The van der Waals surface area contributed by atoms with Crippen molar-refractivity contribution in [1.29, 1.82) is 0 Å². The zero-order chi connectivity index (χ0) is 12.8. The highest BCUT2D eigenvalue weighted by Crippen LogP contribution is 2.17. The van der Waals surface area contributed by atoms with Crippen LogP contribution >= 0.6 is 0 Å². The lowest BCUT2D eigenvalue weighted by atomic mass is 10.1. The van der Waals surface area contributed by atoms with Gasteiger partial charge in [-0.15, -0.1) is 10.2 Å². The van der Waals surface area contributed by atoms with Gasteiger partial charge in [0.2, 0.25) is 11.8 Å². The van der Waals surface area contributed by atoms with Gasteiger partial charge in [-0.05, 0) is 25.7 Å². The Hall–Kier alpha value is -1.43. The standard InChI is InChI=1S/C12H18N2O4/c15-12(16)6-3-5-10-13-14-11(18-10)8-9-4-1-2-7-17-9/h9H,1-8H2,(H,15,16). The number of carboxylic acid groups (broad SMARTS) is 1. The minimum absolute atomic E-state index is 0.128. The molecular formula is C12H18N2O4. The first kappa shape index (κ1) is 13.0. The third-order valence-corrected chi connectivity index (χ3v) is 2.97.